The summed E-state index contributed by atoms with van der Waals surface area (Å²) in [6, 6.07) is 0. The molecule has 2 N–H and O–H groups in total. The minimum absolute atomic E-state index is 1.02. The van der Waals surface area contributed by atoms with Gasteiger partial charge in [-0.1, -0.05) is 122 Å². The van der Waals surface area contributed by atoms with Crippen molar-refractivity contribution in [3.05, 3.63) is 11.3 Å². The van der Waals surface area contributed by atoms with Crippen molar-refractivity contribution in [1.29, 1.82) is 0 Å². The molecule has 0 heterocycles. The Bertz CT molecular complexity index is 288. The van der Waals surface area contributed by atoms with Crippen LogP contribution in [0.5, 0.6) is 0 Å². The average Bonchev–Trinajstić information content (AvgIpc) is 2.60. The van der Waals surface area contributed by atoms with Crippen LogP contribution in [0.25, 0.3) is 0 Å². The van der Waals surface area contributed by atoms with Crippen LogP contribution in [0.2, 0.25) is 0 Å². The molecule has 0 amide bonds. The maximum absolute atomic E-state index is 5.79. The van der Waals surface area contributed by atoms with E-state index in [2.05, 4.69) is 13.8 Å². The Labute approximate surface area is 160 Å². The quantitative estimate of drug-likeness (QED) is 0.231. The van der Waals surface area contributed by atoms with E-state index in [0.29, 0.717) is 0 Å². The molecule has 0 radical (unpaired) electrons. The molecule has 0 aliphatic rings. The Hall–Kier alpha value is -0.460. The number of rotatable bonds is 19. The Morgan fingerprint density at radius 2 is 0.760 bits per heavy atom. The molecule has 150 valence electrons. The van der Waals surface area contributed by atoms with Crippen molar-refractivity contribution in [2.24, 2.45) is 5.73 Å². The van der Waals surface area contributed by atoms with Crippen molar-refractivity contribution < 1.29 is 0 Å². The highest BCUT2D eigenvalue weighted by Gasteiger charge is 1.96. The number of unbranched alkanes of at least 4 members (excludes halogenated alkanes) is 17. The van der Waals surface area contributed by atoms with Gasteiger partial charge < -0.3 is 5.73 Å². The second-order valence-corrected chi connectivity index (χ2v) is 8.22. The van der Waals surface area contributed by atoms with E-state index < -0.39 is 0 Å². The first kappa shape index (κ1) is 24.5. The lowest BCUT2D eigenvalue weighted by atomic mass is 10.0. The summed E-state index contributed by atoms with van der Waals surface area (Å²) in [6.45, 7) is 6.48. The first-order valence-electron chi connectivity index (χ1n) is 11.6. The van der Waals surface area contributed by atoms with Crippen LogP contribution in [-0.2, 0) is 0 Å². The van der Waals surface area contributed by atoms with Crippen molar-refractivity contribution in [2.75, 3.05) is 0 Å². The predicted molar refractivity (Wildman–Crippen MR) is 116 cm³/mol. The van der Waals surface area contributed by atoms with Gasteiger partial charge in [0.2, 0.25) is 0 Å². The van der Waals surface area contributed by atoms with Gasteiger partial charge in [-0.05, 0) is 26.7 Å². The third-order valence-corrected chi connectivity index (χ3v) is 5.58. The first-order valence-corrected chi connectivity index (χ1v) is 11.6. The van der Waals surface area contributed by atoms with Crippen molar-refractivity contribution in [2.45, 2.75) is 143 Å². The summed E-state index contributed by atoms with van der Waals surface area (Å²) in [6.07, 6.45) is 27.2. The molecule has 0 spiro atoms. The predicted octanol–water partition coefficient (Wildman–Crippen LogP) is 8.67. The standard InChI is InChI=1S/C24H49N/c1-4-5-6-7-8-9-10-11-12-13-14-15-16-17-18-19-20-21-22-23(2)24(3)25/h4-22,25H2,1-3H3. The summed E-state index contributed by atoms with van der Waals surface area (Å²) >= 11 is 0. The molecule has 0 aromatic carbocycles. The fourth-order valence-electron chi connectivity index (χ4n) is 3.49. The van der Waals surface area contributed by atoms with Gasteiger partial charge in [0, 0.05) is 5.70 Å². The second kappa shape index (κ2) is 19.9. The molecule has 0 unspecified atom stereocenters. The monoisotopic (exact) mass is 351 g/mol. The Morgan fingerprint density at radius 3 is 1.04 bits per heavy atom. The highest BCUT2D eigenvalue weighted by Crippen LogP contribution is 2.15. The Kier molecular flexibility index (Phi) is 19.5. The zero-order valence-corrected chi connectivity index (χ0v) is 18.0. The highest BCUT2D eigenvalue weighted by molar-refractivity contribution is 5.04. The van der Waals surface area contributed by atoms with E-state index in [1.807, 2.05) is 6.92 Å². The van der Waals surface area contributed by atoms with Crippen molar-refractivity contribution in [3.8, 4) is 0 Å². The number of nitrogens with two attached hydrogens (primary N) is 1. The topological polar surface area (TPSA) is 26.0 Å². The lowest BCUT2D eigenvalue weighted by Crippen LogP contribution is -1.95. The first-order chi connectivity index (χ1) is 12.2. The van der Waals surface area contributed by atoms with E-state index in [1.54, 1.807) is 0 Å². The Morgan fingerprint density at radius 1 is 0.480 bits per heavy atom. The molecular formula is C24H49N. The Balaban J connectivity index is 3.06. The highest BCUT2D eigenvalue weighted by atomic mass is 14.6. The molecule has 0 aliphatic heterocycles. The van der Waals surface area contributed by atoms with E-state index in [4.69, 9.17) is 5.73 Å². The average molecular weight is 352 g/mol. The van der Waals surface area contributed by atoms with Crippen molar-refractivity contribution >= 4 is 0 Å². The van der Waals surface area contributed by atoms with E-state index in [9.17, 15) is 0 Å². The lowest BCUT2D eigenvalue weighted by molar-refractivity contribution is 0.525. The van der Waals surface area contributed by atoms with Crippen LogP contribution in [0.1, 0.15) is 143 Å². The van der Waals surface area contributed by atoms with Gasteiger partial charge in [0.05, 0.1) is 0 Å². The van der Waals surface area contributed by atoms with Crippen LogP contribution in [0.15, 0.2) is 11.3 Å². The van der Waals surface area contributed by atoms with E-state index in [1.165, 1.54) is 128 Å². The summed E-state index contributed by atoms with van der Waals surface area (Å²) in [7, 11) is 0. The molecule has 0 aromatic heterocycles. The maximum Gasteiger partial charge on any atom is 0.00379 e. The summed E-state index contributed by atoms with van der Waals surface area (Å²) in [4.78, 5) is 0. The van der Waals surface area contributed by atoms with Gasteiger partial charge in [0.15, 0.2) is 0 Å². The minimum Gasteiger partial charge on any atom is -0.402 e. The summed E-state index contributed by atoms with van der Waals surface area (Å²) in [5.41, 5.74) is 8.20. The molecule has 1 heteroatoms. The van der Waals surface area contributed by atoms with Crippen LogP contribution in [0.4, 0.5) is 0 Å². The van der Waals surface area contributed by atoms with E-state index in [0.717, 1.165) is 5.70 Å². The molecule has 0 saturated carbocycles. The molecule has 0 saturated heterocycles. The molecule has 0 fully saturated rings. The molecule has 0 atom stereocenters. The fraction of sp³-hybridized carbons (Fsp3) is 0.917. The maximum atomic E-state index is 5.79. The van der Waals surface area contributed by atoms with Gasteiger partial charge >= 0.3 is 0 Å². The van der Waals surface area contributed by atoms with E-state index in [-0.39, 0.29) is 0 Å². The molecule has 0 aliphatic carbocycles. The molecule has 0 bridgehead atoms. The molecule has 0 rings (SSSR count). The smallest absolute Gasteiger partial charge is 0.00379 e. The lowest BCUT2D eigenvalue weighted by Gasteiger charge is -2.05. The van der Waals surface area contributed by atoms with Crippen molar-refractivity contribution in [3.63, 3.8) is 0 Å². The SMILES string of the molecule is CCCCCCCCCCCCCCCCCCCCC(C)=C(C)N. The van der Waals surface area contributed by atoms with Crippen LogP contribution in [0.3, 0.4) is 0 Å². The van der Waals surface area contributed by atoms with Gasteiger partial charge in [-0.25, -0.2) is 0 Å². The van der Waals surface area contributed by atoms with Crippen molar-refractivity contribution in [1.82, 2.24) is 0 Å². The molecule has 0 aromatic rings. The van der Waals surface area contributed by atoms with Gasteiger partial charge in [-0.2, -0.15) is 0 Å². The largest absolute Gasteiger partial charge is 0.402 e. The summed E-state index contributed by atoms with van der Waals surface area (Å²) in [5, 5.41) is 0. The van der Waals surface area contributed by atoms with Crippen LogP contribution in [-0.4, -0.2) is 0 Å². The van der Waals surface area contributed by atoms with Crippen LogP contribution < -0.4 is 5.73 Å². The minimum atomic E-state index is 1.02. The van der Waals surface area contributed by atoms with Gasteiger partial charge in [-0.3, -0.25) is 0 Å². The second-order valence-electron chi connectivity index (χ2n) is 8.22. The number of hydrogen-bond acceptors (Lipinski definition) is 1. The third-order valence-electron chi connectivity index (χ3n) is 5.58. The zero-order valence-electron chi connectivity index (χ0n) is 18.0. The number of hydrogen-bond donors (Lipinski definition) is 1. The van der Waals surface area contributed by atoms with Gasteiger partial charge in [-0.15, -0.1) is 0 Å². The molecule has 25 heavy (non-hydrogen) atoms. The molecular weight excluding hydrogens is 302 g/mol. The summed E-state index contributed by atoms with van der Waals surface area (Å²) < 4.78 is 0. The van der Waals surface area contributed by atoms with Crippen LogP contribution in [0, 0.1) is 0 Å². The third kappa shape index (κ3) is 19.7. The fourth-order valence-corrected chi connectivity index (χ4v) is 3.49. The normalized spacial score (nSPS) is 12.4. The zero-order chi connectivity index (χ0) is 18.6. The number of allylic oxidation sites excluding steroid dienone is 2. The van der Waals surface area contributed by atoms with Gasteiger partial charge in [0.25, 0.3) is 0 Å². The van der Waals surface area contributed by atoms with E-state index >= 15 is 0 Å². The summed E-state index contributed by atoms with van der Waals surface area (Å²) in [5.74, 6) is 0. The van der Waals surface area contributed by atoms with Crippen LogP contribution >= 0.6 is 0 Å². The van der Waals surface area contributed by atoms with Gasteiger partial charge in [0.1, 0.15) is 0 Å². The molecule has 1 nitrogen and oxygen atoms in total.